The molecule has 2 bridgehead atoms. The number of nitrogens with zero attached hydrogens (tertiary/aromatic N) is 8. The second-order valence-electron chi connectivity index (χ2n) is 23.2. The highest BCUT2D eigenvalue weighted by molar-refractivity contribution is 6.06. The van der Waals surface area contributed by atoms with Crippen molar-refractivity contribution in [1.82, 2.24) is 40.3 Å². The van der Waals surface area contributed by atoms with Gasteiger partial charge >= 0.3 is 0 Å². The lowest BCUT2D eigenvalue weighted by molar-refractivity contribution is -0.136. The molecule has 7 fully saturated rings. The van der Waals surface area contributed by atoms with Crippen molar-refractivity contribution in [2.24, 2.45) is 16.7 Å². The molecule has 3 N–H and O–H groups in total. The van der Waals surface area contributed by atoms with Crippen molar-refractivity contribution in [2.75, 3.05) is 75.2 Å². The average molecular weight is 993 g/mol. The fraction of sp³-hybridized carbons (Fsp3) is 0.544. The lowest BCUT2D eigenvalue weighted by Gasteiger charge is -2.54. The number of anilines is 2. The Morgan fingerprint density at radius 2 is 1.62 bits per heavy atom. The zero-order valence-electron chi connectivity index (χ0n) is 41.9. The molecular weight excluding hydrogens is 927 g/mol. The molecule has 2 aliphatic carbocycles. The lowest BCUT2D eigenvalue weighted by atomic mass is 9.57. The number of halogens is 2. The molecule has 3 atom stereocenters. The number of piperidine rings is 2. The van der Waals surface area contributed by atoms with E-state index in [2.05, 4.69) is 36.3 Å². The van der Waals surface area contributed by atoms with E-state index in [1.807, 2.05) is 19.1 Å². The van der Waals surface area contributed by atoms with Crippen LogP contribution in [-0.4, -0.2) is 136 Å². The molecular formula is C57H66F2N10O4. The summed E-state index contributed by atoms with van der Waals surface area (Å²) in [5, 5.41) is 18.7. The van der Waals surface area contributed by atoms with Crippen LogP contribution in [0, 0.1) is 28.4 Å². The number of hydrogen-bond acceptors (Lipinski definition) is 12. The van der Waals surface area contributed by atoms with Crippen LogP contribution in [-0.2, 0) is 29.0 Å². The van der Waals surface area contributed by atoms with E-state index in [1.165, 1.54) is 50.7 Å². The van der Waals surface area contributed by atoms with Gasteiger partial charge in [0, 0.05) is 107 Å². The van der Waals surface area contributed by atoms with Gasteiger partial charge in [0.25, 0.3) is 5.91 Å². The van der Waals surface area contributed by atoms with E-state index in [9.17, 15) is 19.5 Å². The number of amides is 3. The summed E-state index contributed by atoms with van der Waals surface area (Å²) in [7, 11) is 0. The highest BCUT2D eigenvalue weighted by atomic mass is 19.1. The number of nitrogens with one attached hydrogen (secondary N) is 2. The summed E-state index contributed by atoms with van der Waals surface area (Å²) in [4.78, 5) is 64.1. The number of pyridine rings is 1. The molecule has 3 amide bonds. The van der Waals surface area contributed by atoms with Gasteiger partial charge in [-0.3, -0.25) is 29.6 Å². The summed E-state index contributed by atoms with van der Waals surface area (Å²) in [6.07, 6.45) is 14.1. The first-order valence-corrected chi connectivity index (χ1v) is 27.2. The number of imide groups is 1. The molecule has 8 aliphatic rings. The number of phenols is 1. The summed E-state index contributed by atoms with van der Waals surface area (Å²) in [5.74, 6) is 0.380. The second kappa shape index (κ2) is 18.2. The number of phenolic OH excluding ortho intramolecular Hbond substituents is 1. The highest BCUT2D eigenvalue weighted by Gasteiger charge is 2.49. The quantitative estimate of drug-likeness (QED) is 0.109. The first-order valence-electron chi connectivity index (χ1n) is 27.2. The molecule has 8 heterocycles. The fourth-order valence-electron chi connectivity index (χ4n) is 14.3. The highest BCUT2D eigenvalue weighted by Crippen LogP contribution is 2.55. The standard InChI is InChI=1S/C57H66F2N10O4/c1-2-41-45(58)8-3-35-24-40(70)25-43(49(35)41)51-50(59)52-44(28-60-51)53(68-31-37-4-5-38(32-68)61-37)63-47(62-52)11-12-56(13-14-56)33-66-17-15-57(16-18-66)26-34(27-57)29-65-19-21-67(22-20-65)39-6-7-42-36(23-39)30-69(55(42)73)46-9-10-48(71)64-54(46)72/h3,6-8,23-25,28,34,37-38,46,61,70H,2,4-5,9-22,26-27,29-33H2,1H3,(H,64,71,72)/t37?,38?,46-/m0/s1. The van der Waals surface area contributed by atoms with Crippen molar-refractivity contribution in [3.63, 3.8) is 0 Å². The zero-order valence-corrected chi connectivity index (χ0v) is 41.9. The van der Waals surface area contributed by atoms with Crippen LogP contribution in [0.3, 0.4) is 0 Å². The van der Waals surface area contributed by atoms with E-state index in [-0.39, 0.29) is 52.3 Å². The predicted molar refractivity (Wildman–Crippen MR) is 275 cm³/mol. The maximum Gasteiger partial charge on any atom is 0.255 e. The van der Waals surface area contributed by atoms with Crippen molar-refractivity contribution in [1.29, 1.82) is 0 Å². The fourth-order valence-corrected chi connectivity index (χ4v) is 14.3. The third kappa shape index (κ3) is 8.68. The Kier molecular flexibility index (Phi) is 11.7. The Morgan fingerprint density at radius 1 is 0.836 bits per heavy atom. The smallest absolute Gasteiger partial charge is 0.255 e. The summed E-state index contributed by atoms with van der Waals surface area (Å²) in [6.45, 7) is 12.3. The zero-order chi connectivity index (χ0) is 49.8. The van der Waals surface area contributed by atoms with E-state index >= 15 is 8.78 Å². The number of carbonyl (C=O) groups excluding carboxylic acids is 3. The van der Waals surface area contributed by atoms with Gasteiger partial charge < -0.3 is 30.0 Å². The summed E-state index contributed by atoms with van der Waals surface area (Å²) in [6, 6.07) is 12.3. The molecule has 5 aromatic rings. The van der Waals surface area contributed by atoms with Crippen molar-refractivity contribution in [3.8, 4) is 17.0 Å². The number of benzene rings is 3. The van der Waals surface area contributed by atoms with Gasteiger partial charge in [-0.15, -0.1) is 0 Å². The third-order valence-corrected chi connectivity index (χ3v) is 18.5. The Labute approximate surface area is 424 Å². The number of likely N-dealkylation sites (tertiary alicyclic amines) is 1. The number of piperazine rings is 2. The van der Waals surface area contributed by atoms with Gasteiger partial charge in [-0.25, -0.2) is 18.7 Å². The molecule has 5 saturated heterocycles. The van der Waals surface area contributed by atoms with Crippen LogP contribution in [0.5, 0.6) is 5.75 Å². The average Bonchev–Trinajstić information content (AvgIpc) is 3.96. The summed E-state index contributed by atoms with van der Waals surface area (Å²) >= 11 is 0. The van der Waals surface area contributed by atoms with Gasteiger partial charge in [0.05, 0.1) is 5.39 Å². The largest absolute Gasteiger partial charge is 0.508 e. The monoisotopic (exact) mass is 993 g/mol. The molecule has 1 spiro atoms. The molecule has 0 radical (unpaired) electrons. The Balaban J connectivity index is 0.627. The topological polar surface area (TPSA) is 150 Å². The molecule has 14 nitrogen and oxygen atoms in total. The van der Waals surface area contributed by atoms with E-state index < -0.39 is 11.9 Å². The minimum Gasteiger partial charge on any atom is -0.508 e. The summed E-state index contributed by atoms with van der Waals surface area (Å²) < 4.78 is 32.5. The van der Waals surface area contributed by atoms with E-state index in [0.29, 0.717) is 82.0 Å². The van der Waals surface area contributed by atoms with E-state index in [0.717, 1.165) is 108 Å². The Morgan fingerprint density at radius 3 is 2.36 bits per heavy atom. The molecule has 13 rings (SSSR count). The normalized spacial score (nSPS) is 25.0. The van der Waals surface area contributed by atoms with Crippen molar-refractivity contribution >= 4 is 50.9 Å². The van der Waals surface area contributed by atoms with Gasteiger partial charge in [0.1, 0.15) is 40.5 Å². The summed E-state index contributed by atoms with van der Waals surface area (Å²) in [5.41, 5.74) is 4.53. The lowest BCUT2D eigenvalue weighted by Crippen LogP contribution is -2.53. The van der Waals surface area contributed by atoms with Crippen LogP contribution < -0.4 is 20.4 Å². The molecule has 16 heteroatoms. The number of aryl methyl sites for hydroxylation is 2. The van der Waals surface area contributed by atoms with Crippen molar-refractivity contribution < 1.29 is 28.3 Å². The number of carbonyl (C=O) groups is 3. The molecule has 2 unspecified atom stereocenters. The minimum absolute atomic E-state index is 0.0324. The molecule has 2 aromatic heterocycles. The van der Waals surface area contributed by atoms with Crippen LogP contribution >= 0.6 is 0 Å². The number of aromatic hydroxyl groups is 1. The second-order valence-corrected chi connectivity index (χ2v) is 23.2. The Hall–Kier alpha value is -5.84. The van der Waals surface area contributed by atoms with Gasteiger partial charge in [-0.2, -0.15) is 0 Å². The maximum absolute atomic E-state index is 17.3. The maximum atomic E-state index is 17.3. The molecule has 2 saturated carbocycles. The first kappa shape index (κ1) is 46.9. The number of hydrogen-bond donors (Lipinski definition) is 3. The SMILES string of the molecule is CCc1c(F)ccc2cc(O)cc(-c3ncc4c(N5CC6CCC(C5)N6)nc(CCC5(CN6CCC7(CC6)CC(CN6CCN(c8ccc9c(c8)CN([C@H]8CCC(=O)NC8=O)C9=O)CC6)C7)CC5)nc4c3F)c12. The molecule has 6 aliphatic heterocycles. The van der Waals surface area contributed by atoms with Crippen LogP contribution in [0.15, 0.2) is 48.7 Å². The van der Waals surface area contributed by atoms with Crippen LogP contribution in [0.1, 0.15) is 105 Å². The van der Waals surface area contributed by atoms with Gasteiger partial charge in [0.2, 0.25) is 11.8 Å². The van der Waals surface area contributed by atoms with Crippen molar-refractivity contribution in [3.05, 3.63) is 82.8 Å². The number of fused-ring (bicyclic) bond motifs is 5. The molecule has 382 valence electrons. The van der Waals surface area contributed by atoms with Crippen LogP contribution in [0.4, 0.5) is 20.3 Å². The first-order chi connectivity index (χ1) is 35.4. The van der Waals surface area contributed by atoms with E-state index in [1.54, 1.807) is 23.2 Å². The van der Waals surface area contributed by atoms with E-state index in [4.69, 9.17) is 15.0 Å². The minimum atomic E-state index is -0.600. The van der Waals surface area contributed by atoms with Gasteiger partial charge in [-0.05, 0) is 159 Å². The van der Waals surface area contributed by atoms with Crippen LogP contribution in [0.25, 0.3) is 32.9 Å². The van der Waals surface area contributed by atoms with Gasteiger partial charge in [0.15, 0.2) is 5.82 Å². The van der Waals surface area contributed by atoms with Crippen LogP contribution in [0.2, 0.25) is 0 Å². The third-order valence-electron chi connectivity index (χ3n) is 18.5. The molecule has 73 heavy (non-hydrogen) atoms. The van der Waals surface area contributed by atoms with Crippen molar-refractivity contribution in [2.45, 2.75) is 115 Å². The van der Waals surface area contributed by atoms with Gasteiger partial charge in [-0.1, -0.05) is 13.0 Å². The number of rotatable bonds is 12. The predicted octanol–water partition coefficient (Wildman–Crippen LogP) is 7.12. The number of aromatic nitrogens is 3. The Bertz CT molecular complexity index is 3040. The molecule has 3 aromatic carbocycles.